The van der Waals surface area contributed by atoms with Gasteiger partial charge in [0.1, 0.15) is 18.1 Å². The van der Waals surface area contributed by atoms with Crippen LogP contribution in [0.25, 0.3) is 11.3 Å². The van der Waals surface area contributed by atoms with Crippen LogP contribution in [0.2, 0.25) is 0 Å². The van der Waals surface area contributed by atoms with Crippen LogP contribution in [0.4, 0.5) is 0 Å². The molecule has 3 rings (SSSR count). The lowest BCUT2D eigenvalue weighted by Crippen LogP contribution is -2.05. The smallest absolute Gasteiger partial charge is 0.129 e. The summed E-state index contributed by atoms with van der Waals surface area (Å²) in [4.78, 5) is 4.97. The summed E-state index contributed by atoms with van der Waals surface area (Å²) in [6, 6.07) is 17.0. The molecule has 2 aromatic carbocycles. The van der Waals surface area contributed by atoms with Crippen LogP contribution in [0.5, 0.6) is 11.5 Å². The third-order valence-corrected chi connectivity index (χ3v) is 5.89. The van der Waals surface area contributed by atoms with Crippen molar-refractivity contribution < 1.29 is 9.47 Å². The van der Waals surface area contributed by atoms with Gasteiger partial charge in [-0.3, -0.25) is 4.98 Å². The van der Waals surface area contributed by atoms with Crippen LogP contribution in [-0.2, 0) is 25.9 Å². The summed E-state index contributed by atoms with van der Waals surface area (Å²) in [6.45, 7) is 9.08. The number of ether oxygens (including phenoxy) is 2. The third-order valence-electron chi connectivity index (χ3n) is 5.89. The predicted octanol–water partition coefficient (Wildman–Crippen LogP) is 7.11. The first-order valence-electron chi connectivity index (χ1n) is 11.5. The summed E-state index contributed by atoms with van der Waals surface area (Å²) in [5, 5.41) is 0. The largest absolute Gasteiger partial charge is 0.496 e. The minimum absolute atomic E-state index is 0.437. The maximum absolute atomic E-state index is 6.09. The average molecular weight is 418 g/mol. The van der Waals surface area contributed by atoms with E-state index in [1.807, 2.05) is 6.92 Å². The Bertz CT molecular complexity index is 970. The predicted molar refractivity (Wildman–Crippen MR) is 129 cm³/mol. The van der Waals surface area contributed by atoms with E-state index in [4.69, 9.17) is 14.5 Å². The molecule has 3 heteroatoms. The number of pyridine rings is 1. The van der Waals surface area contributed by atoms with Crippen molar-refractivity contribution in [3.8, 4) is 22.8 Å². The van der Waals surface area contributed by atoms with E-state index in [9.17, 15) is 0 Å². The zero-order valence-electron chi connectivity index (χ0n) is 19.6. The zero-order valence-corrected chi connectivity index (χ0v) is 19.6. The number of aromatic nitrogens is 1. The van der Waals surface area contributed by atoms with Crippen molar-refractivity contribution in [2.45, 2.75) is 66.4 Å². The molecule has 3 aromatic rings. The number of nitrogens with zero attached hydrogens (tertiary/aromatic N) is 1. The van der Waals surface area contributed by atoms with Crippen molar-refractivity contribution in [3.63, 3.8) is 0 Å². The first-order valence-corrected chi connectivity index (χ1v) is 11.5. The minimum atomic E-state index is 0.437. The molecule has 0 aliphatic carbocycles. The highest BCUT2D eigenvalue weighted by Gasteiger charge is 2.16. The maximum atomic E-state index is 6.09. The van der Waals surface area contributed by atoms with Crippen LogP contribution in [0.1, 0.15) is 61.6 Å². The number of unbranched alkanes of at least 4 members (excludes halogenated alkanes) is 1. The van der Waals surface area contributed by atoms with Crippen molar-refractivity contribution >= 4 is 0 Å². The number of hydrogen-bond acceptors (Lipinski definition) is 3. The first-order chi connectivity index (χ1) is 15.1. The Labute approximate surface area is 187 Å². The molecule has 0 N–H and O–H groups in total. The fourth-order valence-corrected chi connectivity index (χ4v) is 4.02. The monoisotopic (exact) mass is 417 g/mol. The van der Waals surface area contributed by atoms with Gasteiger partial charge in [-0.05, 0) is 61.4 Å². The number of aryl methyl sites for hydroxylation is 4. The summed E-state index contributed by atoms with van der Waals surface area (Å²) >= 11 is 0. The molecule has 0 saturated heterocycles. The van der Waals surface area contributed by atoms with Gasteiger partial charge in [-0.1, -0.05) is 57.5 Å². The van der Waals surface area contributed by atoms with Gasteiger partial charge in [0.05, 0.1) is 18.4 Å². The van der Waals surface area contributed by atoms with Crippen molar-refractivity contribution in [2.24, 2.45) is 0 Å². The summed E-state index contributed by atoms with van der Waals surface area (Å²) in [5.74, 6) is 1.70. The van der Waals surface area contributed by atoms with Gasteiger partial charge in [-0.15, -0.1) is 0 Å². The molecular formula is C28H35NO2. The molecule has 0 amide bonds. The van der Waals surface area contributed by atoms with Crippen LogP contribution in [-0.4, -0.2) is 12.1 Å². The molecule has 31 heavy (non-hydrogen) atoms. The van der Waals surface area contributed by atoms with Crippen molar-refractivity contribution in [2.75, 3.05) is 7.11 Å². The Hall–Kier alpha value is -2.81. The van der Waals surface area contributed by atoms with E-state index in [0.717, 1.165) is 47.7 Å². The van der Waals surface area contributed by atoms with E-state index in [-0.39, 0.29) is 0 Å². The summed E-state index contributed by atoms with van der Waals surface area (Å²) in [6.07, 6.45) is 5.50. The second-order valence-electron chi connectivity index (χ2n) is 7.97. The maximum Gasteiger partial charge on any atom is 0.129 e. The van der Waals surface area contributed by atoms with Crippen LogP contribution in [0, 0.1) is 6.92 Å². The second kappa shape index (κ2) is 11.0. The van der Waals surface area contributed by atoms with Crippen LogP contribution in [0.3, 0.4) is 0 Å². The quantitative estimate of drug-likeness (QED) is 0.352. The van der Waals surface area contributed by atoms with Gasteiger partial charge in [0, 0.05) is 17.3 Å². The van der Waals surface area contributed by atoms with Gasteiger partial charge in [0.25, 0.3) is 0 Å². The van der Waals surface area contributed by atoms with Gasteiger partial charge in [0.15, 0.2) is 0 Å². The normalized spacial score (nSPS) is 10.9. The second-order valence-corrected chi connectivity index (χ2v) is 7.97. The lowest BCUT2D eigenvalue weighted by Gasteiger charge is -2.17. The highest BCUT2D eigenvalue weighted by molar-refractivity contribution is 5.70. The SMILES string of the molecule is CCCCc1ccc(OCc2c(OC)cc(-c3c(CC)cccc3CC)nc2C)cc1. The van der Waals surface area contributed by atoms with Crippen LogP contribution < -0.4 is 9.47 Å². The van der Waals surface area contributed by atoms with Gasteiger partial charge in [-0.25, -0.2) is 0 Å². The lowest BCUT2D eigenvalue weighted by atomic mass is 9.94. The van der Waals surface area contributed by atoms with E-state index in [2.05, 4.69) is 69.3 Å². The van der Waals surface area contributed by atoms with Crippen LogP contribution in [0.15, 0.2) is 48.5 Å². The summed E-state index contributed by atoms with van der Waals surface area (Å²) in [7, 11) is 1.72. The van der Waals surface area contributed by atoms with E-state index in [1.165, 1.54) is 35.1 Å². The Morgan fingerprint density at radius 2 is 1.58 bits per heavy atom. The fraction of sp³-hybridized carbons (Fsp3) is 0.393. The standard InChI is InChI=1S/C28H35NO2/c1-6-9-11-21-14-16-24(17-15-21)31-19-25-20(4)29-26(18-27(25)30-5)28-22(7-2)12-10-13-23(28)8-3/h10,12-18H,6-9,11,19H2,1-5H3. The molecule has 0 aliphatic heterocycles. The van der Waals surface area contributed by atoms with Gasteiger partial charge in [0.2, 0.25) is 0 Å². The van der Waals surface area contributed by atoms with Crippen LogP contribution >= 0.6 is 0 Å². The molecular weight excluding hydrogens is 382 g/mol. The number of methoxy groups -OCH3 is 1. The molecule has 164 valence electrons. The summed E-state index contributed by atoms with van der Waals surface area (Å²) in [5.41, 5.74) is 8.16. The Kier molecular flexibility index (Phi) is 8.11. The molecule has 0 bridgehead atoms. The Morgan fingerprint density at radius 3 is 2.16 bits per heavy atom. The molecule has 0 fully saturated rings. The highest BCUT2D eigenvalue weighted by Crippen LogP contribution is 2.33. The van der Waals surface area contributed by atoms with E-state index in [1.54, 1.807) is 7.11 Å². The first kappa shape index (κ1) is 22.9. The number of hydrogen-bond donors (Lipinski definition) is 0. The molecule has 1 aromatic heterocycles. The van der Waals surface area contributed by atoms with E-state index >= 15 is 0 Å². The molecule has 0 atom stereocenters. The van der Waals surface area contributed by atoms with E-state index in [0.29, 0.717) is 6.61 Å². The average Bonchev–Trinajstić information content (AvgIpc) is 2.81. The Morgan fingerprint density at radius 1 is 0.903 bits per heavy atom. The Balaban J connectivity index is 1.85. The topological polar surface area (TPSA) is 31.4 Å². The van der Waals surface area contributed by atoms with Gasteiger partial charge < -0.3 is 9.47 Å². The molecule has 0 aliphatic rings. The third kappa shape index (κ3) is 5.46. The number of benzene rings is 2. The summed E-state index contributed by atoms with van der Waals surface area (Å²) < 4.78 is 11.9. The molecule has 0 radical (unpaired) electrons. The van der Waals surface area contributed by atoms with Gasteiger partial charge >= 0.3 is 0 Å². The van der Waals surface area contributed by atoms with Crippen molar-refractivity contribution in [3.05, 3.63) is 76.5 Å². The lowest BCUT2D eigenvalue weighted by molar-refractivity contribution is 0.295. The van der Waals surface area contributed by atoms with Gasteiger partial charge in [-0.2, -0.15) is 0 Å². The fourth-order valence-electron chi connectivity index (χ4n) is 4.02. The van der Waals surface area contributed by atoms with Crippen molar-refractivity contribution in [1.29, 1.82) is 0 Å². The van der Waals surface area contributed by atoms with E-state index < -0.39 is 0 Å². The highest BCUT2D eigenvalue weighted by atomic mass is 16.5. The van der Waals surface area contributed by atoms with Crippen molar-refractivity contribution in [1.82, 2.24) is 4.98 Å². The zero-order chi connectivity index (χ0) is 22.2. The molecule has 0 spiro atoms. The minimum Gasteiger partial charge on any atom is -0.496 e. The number of rotatable bonds is 10. The molecule has 0 unspecified atom stereocenters. The molecule has 0 saturated carbocycles. The molecule has 3 nitrogen and oxygen atoms in total. The molecule has 1 heterocycles.